The summed E-state index contributed by atoms with van der Waals surface area (Å²) in [4.78, 5) is 23.2. The molecule has 1 saturated heterocycles. The van der Waals surface area contributed by atoms with Crippen molar-refractivity contribution in [3.05, 3.63) is 33.1 Å². The van der Waals surface area contributed by atoms with Crippen LogP contribution < -0.4 is 4.90 Å². The molecule has 1 heterocycles. The van der Waals surface area contributed by atoms with Crippen LogP contribution >= 0.6 is 22.3 Å². The molecule has 1 atom stereocenters. The van der Waals surface area contributed by atoms with Crippen LogP contribution in [0.1, 0.15) is 6.42 Å². The molecule has 11 heteroatoms. The van der Waals surface area contributed by atoms with E-state index in [-0.39, 0.29) is 23.7 Å². The average molecular weight is 371 g/mol. The molecule has 1 aliphatic rings. The number of hydrogen-bond acceptors (Lipinski definition) is 5. The van der Waals surface area contributed by atoms with Gasteiger partial charge in [-0.2, -0.15) is 0 Å². The largest absolute Gasteiger partial charge is 0.306 e. The Bertz CT molecular complexity index is 755. The van der Waals surface area contributed by atoms with Crippen molar-refractivity contribution in [1.29, 1.82) is 0 Å². The number of rotatable bonds is 4. The number of halogens is 3. The first-order valence-corrected chi connectivity index (χ1v) is 8.80. The van der Waals surface area contributed by atoms with E-state index in [1.165, 1.54) is 0 Å². The molecule has 1 aliphatic heterocycles. The minimum atomic E-state index is -3.80. The molecule has 0 radical (unpaired) electrons. The van der Waals surface area contributed by atoms with Crippen LogP contribution in [0.4, 0.5) is 15.8 Å². The molecule has 0 saturated carbocycles. The van der Waals surface area contributed by atoms with Crippen molar-refractivity contribution in [2.24, 2.45) is 5.92 Å². The van der Waals surface area contributed by atoms with Crippen molar-refractivity contribution in [3.63, 3.8) is 0 Å². The molecular weight excluding hydrogens is 362 g/mol. The lowest BCUT2D eigenvalue weighted by atomic mass is 10.1. The summed E-state index contributed by atoms with van der Waals surface area (Å²) in [5, 5.41) is 10.6. The highest BCUT2D eigenvalue weighted by Gasteiger charge is 2.36. The van der Waals surface area contributed by atoms with E-state index in [0.29, 0.717) is 6.07 Å². The molecule has 0 spiro atoms. The van der Waals surface area contributed by atoms with Gasteiger partial charge in [0.05, 0.1) is 21.8 Å². The number of nitro groups is 1. The summed E-state index contributed by atoms with van der Waals surface area (Å²) in [7, 11) is 1.34. The first-order valence-electron chi connectivity index (χ1n) is 5.94. The van der Waals surface area contributed by atoms with E-state index in [4.69, 9.17) is 22.3 Å². The highest BCUT2D eigenvalue weighted by atomic mass is 35.7. The van der Waals surface area contributed by atoms with Crippen LogP contribution in [0.5, 0.6) is 0 Å². The molecule has 7 nitrogen and oxygen atoms in total. The molecular formula is C11H9Cl2FN2O5S. The number of benzene rings is 1. The average Bonchev–Trinajstić information content (AvgIpc) is 2.70. The van der Waals surface area contributed by atoms with Crippen LogP contribution in [0.25, 0.3) is 0 Å². The molecule has 1 fully saturated rings. The van der Waals surface area contributed by atoms with Crippen molar-refractivity contribution in [2.45, 2.75) is 6.42 Å². The summed E-state index contributed by atoms with van der Waals surface area (Å²) in [5.74, 6) is -2.53. The van der Waals surface area contributed by atoms with Crippen molar-refractivity contribution >= 4 is 48.6 Å². The smallest absolute Gasteiger partial charge is 0.295 e. The number of carbonyl (C=O) groups is 1. The van der Waals surface area contributed by atoms with Crippen molar-refractivity contribution in [3.8, 4) is 0 Å². The normalized spacial score (nSPS) is 18.8. The second-order valence-corrected chi connectivity index (χ2v) is 8.02. The first kappa shape index (κ1) is 16.9. The van der Waals surface area contributed by atoms with E-state index in [0.717, 1.165) is 11.0 Å². The number of carbonyl (C=O) groups excluding carboxylic acids is 1. The van der Waals surface area contributed by atoms with Crippen LogP contribution in [0.2, 0.25) is 5.02 Å². The predicted molar refractivity (Wildman–Crippen MR) is 78.2 cm³/mol. The SMILES string of the molecule is O=C1CC(CS(=O)(=O)Cl)CN1c1cc(Cl)c(F)cc1[N+](=O)[O-]. The highest BCUT2D eigenvalue weighted by molar-refractivity contribution is 8.13. The molecule has 0 N–H and O–H groups in total. The second-order valence-electron chi connectivity index (χ2n) is 4.79. The molecule has 120 valence electrons. The van der Waals surface area contributed by atoms with Gasteiger partial charge in [-0.3, -0.25) is 14.9 Å². The summed E-state index contributed by atoms with van der Waals surface area (Å²) >= 11 is 5.61. The lowest BCUT2D eigenvalue weighted by molar-refractivity contribution is -0.384. The third kappa shape index (κ3) is 3.65. The molecule has 2 rings (SSSR count). The topological polar surface area (TPSA) is 97.6 Å². The van der Waals surface area contributed by atoms with Gasteiger partial charge in [0, 0.05) is 29.6 Å². The van der Waals surface area contributed by atoms with E-state index >= 15 is 0 Å². The number of nitro benzene ring substituents is 1. The van der Waals surface area contributed by atoms with Gasteiger partial charge >= 0.3 is 0 Å². The van der Waals surface area contributed by atoms with Gasteiger partial charge in [-0.15, -0.1) is 0 Å². The zero-order valence-electron chi connectivity index (χ0n) is 10.8. The molecule has 0 aliphatic carbocycles. The monoisotopic (exact) mass is 370 g/mol. The molecule has 0 bridgehead atoms. The third-order valence-corrected chi connectivity index (χ3v) is 4.68. The number of nitrogens with zero attached hydrogens (tertiary/aromatic N) is 2. The second kappa shape index (κ2) is 5.98. The zero-order valence-corrected chi connectivity index (χ0v) is 13.2. The van der Waals surface area contributed by atoms with Crippen LogP contribution in [0.15, 0.2) is 12.1 Å². The van der Waals surface area contributed by atoms with Gasteiger partial charge in [-0.05, 0) is 6.07 Å². The standard InChI is InChI=1S/C11H9Cl2FN2O5S/c12-7-2-9(10(16(18)19)3-8(7)14)15-4-6(1-11(15)17)5-22(13,20)21/h2-3,6H,1,4-5H2. The van der Waals surface area contributed by atoms with E-state index in [2.05, 4.69) is 0 Å². The summed E-state index contributed by atoms with van der Waals surface area (Å²) in [6.07, 6.45) is -0.127. The molecule has 1 unspecified atom stereocenters. The van der Waals surface area contributed by atoms with Gasteiger partial charge in [-0.25, -0.2) is 12.8 Å². The molecule has 22 heavy (non-hydrogen) atoms. The van der Waals surface area contributed by atoms with E-state index < -0.39 is 43.1 Å². The Kier molecular flexibility index (Phi) is 4.59. The van der Waals surface area contributed by atoms with Crippen LogP contribution in [-0.2, 0) is 13.8 Å². The molecule has 1 aromatic carbocycles. The summed E-state index contributed by atoms with van der Waals surface area (Å²) in [6, 6.07) is 1.60. The minimum absolute atomic E-state index is 0.0758. The highest BCUT2D eigenvalue weighted by Crippen LogP contribution is 2.36. The first-order chi connectivity index (χ1) is 10.1. The van der Waals surface area contributed by atoms with Gasteiger partial charge in [0.25, 0.3) is 5.69 Å². The van der Waals surface area contributed by atoms with Gasteiger partial charge in [0.15, 0.2) is 0 Å². The summed E-state index contributed by atoms with van der Waals surface area (Å²) in [6.45, 7) is -0.0758. The number of amides is 1. The molecule has 0 aromatic heterocycles. The maximum Gasteiger partial charge on any atom is 0.295 e. The zero-order chi connectivity index (χ0) is 16.7. The van der Waals surface area contributed by atoms with E-state index in [9.17, 15) is 27.7 Å². The summed E-state index contributed by atoms with van der Waals surface area (Å²) < 4.78 is 35.5. The van der Waals surface area contributed by atoms with Gasteiger partial charge in [-0.1, -0.05) is 11.6 Å². The Labute approximate surface area is 134 Å². The Balaban J connectivity index is 2.38. The predicted octanol–water partition coefficient (Wildman–Crippen LogP) is 2.31. The Morgan fingerprint density at radius 2 is 2.09 bits per heavy atom. The fourth-order valence-corrected chi connectivity index (χ4v) is 3.77. The van der Waals surface area contributed by atoms with Crippen molar-refractivity contribution in [2.75, 3.05) is 17.2 Å². The lowest BCUT2D eigenvalue weighted by Gasteiger charge is -2.17. The van der Waals surface area contributed by atoms with Gasteiger partial charge < -0.3 is 4.90 Å². The quantitative estimate of drug-likeness (QED) is 0.460. The van der Waals surface area contributed by atoms with Crippen LogP contribution in [0.3, 0.4) is 0 Å². The Morgan fingerprint density at radius 3 is 2.64 bits per heavy atom. The third-order valence-electron chi connectivity index (χ3n) is 3.14. The minimum Gasteiger partial charge on any atom is -0.306 e. The van der Waals surface area contributed by atoms with Crippen LogP contribution in [-0.4, -0.2) is 31.5 Å². The molecule has 1 aromatic rings. The maximum absolute atomic E-state index is 13.4. The Hall–Kier alpha value is -1.45. The number of hydrogen-bond donors (Lipinski definition) is 0. The molecule has 1 amide bonds. The van der Waals surface area contributed by atoms with Gasteiger partial charge in [0.2, 0.25) is 15.0 Å². The fraction of sp³-hybridized carbons (Fsp3) is 0.364. The fourth-order valence-electron chi connectivity index (χ4n) is 2.30. The van der Waals surface area contributed by atoms with E-state index in [1.807, 2.05) is 0 Å². The maximum atomic E-state index is 13.4. The van der Waals surface area contributed by atoms with Crippen molar-refractivity contribution < 1.29 is 22.5 Å². The summed E-state index contributed by atoms with van der Waals surface area (Å²) in [5.41, 5.74) is -0.791. The van der Waals surface area contributed by atoms with Crippen LogP contribution in [0, 0.1) is 21.8 Å². The number of anilines is 1. The van der Waals surface area contributed by atoms with Gasteiger partial charge in [0.1, 0.15) is 11.5 Å². The lowest BCUT2D eigenvalue weighted by Crippen LogP contribution is -2.26. The Morgan fingerprint density at radius 1 is 1.45 bits per heavy atom. The van der Waals surface area contributed by atoms with Crippen molar-refractivity contribution in [1.82, 2.24) is 0 Å². The van der Waals surface area contributed by atoms with E-state index in [1.54, 1.807) is 0 Å².